The lowest BCUT2D eigenvalue weighted by Gasteiger charge is -2.16. The minimum Gasteiger partial charge on any atom is -0.304 e. The summed E-state index contributed by atoms with van der Waals surface area (Å²) in [4.78, 5) is 6.46. The number of halogens is 1. The van der Waals surface area contributed by atoms with Gasteiger partial charge in [-0.3, -0.25) is 0 Å². The van der Waals surface area contributed by atoms with Crippen LogP contribution in [0.1, 0.15) is 53.4 Å². The Hall–Kier alpha value is -0.710. The van der Waals surface area contributed by atoms with Crippen LogP contribution in [0.3, 0.4) is 0 Å². The fourth-order valence-corrected chi connectivity index (χ4v) is 4.31. The van der Waals surface area contributed by atoms with Crippen molar-refractivity contribution in [1.82, 2.24) is 10.3 Å². The molecule has 1 aromatic heterocycles. The zero-order valence-electron chi connectivity index (χ0n) is 12.4. The molecular formula is C17H21BrN2S. The molecule has 0 bridgehead atoms. The molecule has 0 fully saturated rings. The molecule has 1 aliphatic carbocycles. The third kappa shape index (κ3) is 3.55. The topological polar surface area (TPSA) is 24.9 Å². The Balaban J connectivity index is 1.91. The summed E-state index contributed by atoms with van der Waals surface area (Å²) in [7, 11) is 0. The van der Waals surface area contributed by atoms with Gasteiger partial charge in [0.15, 0.2) is 0 Å². The molecule has 0 saturated carbocycles. The van der Waals surface area contributed by atoms with Crippen molar-refractivity contribution in [3.63, 3.8) is 0 Å². The van der Waals surface area contributed by atoms with Gasteiger partial charge in [-0.1, -0.05) is 35.0 Å². The van der Waals surface area contributed by atoms with Crippen LogP contribution in [0.2, 0.25) is 0 Å². The smallest absolute Gasteiger partial charge is 0.115 e. The van der Waals surface area contributed by atoms with Gasteiger partial charge in [0, 0.05) is 9.35 Å². The summed E-state index contributed by atoms with van der Waals surface area (Å²) in [5.41, 5.74) is 2.65. The predicted molar refractivity (Wildman–Crippen MR) is 93.0 cm³/mol. The summed E-state index contributed by atoms with van der Waals surface area (Å²) in [5, 5.41) is 4.90. The maximum Gasteiger partial charge on any atom is 0.115 e. The lowest BCUT2D eigenvalue weighted by Crippen LogP contribution is -2.23. The number of rotatable bonds is 5. The molecule has 2 nitrogen and oxygen atoms in total. The maximum atomic E-state index is 4.95. The number of nitrogens with zero attached hydrogens (tertiary/aromatic N) is 1. The minimum atomic E-state index is 0.230. The lowest BCUT2D eigenvalue weighted by atomic mass is 10.0. The second kappa shape index (κ2) is 7.03. The molecule has 3 rings (SSSR count). The summed E-state index contributed by atoms with van der Waals surface area (Å²) in [6.07, 6.45) is 6.13. The molecule has 1 heterocycles. The highest BCUT2D eigenvalue weighted by Crippen LogP contribution is 2.32. The number of benzene rings is 1. The highest BCUT2D eigenvalue weighted by atomic mass is 79.9. The summed E-state index contributed by atoms with van der Waals surface area (Å²) >= 11 is 5.42. The van der Waals surface area contributed by atoms with Crippen LogP contribution >= 0.6 is 27.3 Å². The van der Waals surface area contributed by atoms with Crippen molar-refractivity contribution in [2.45, 2.75) is 45.1 Å². The van der Waals surface area contributed by atoms with Gasteiger partial charge in [0.05, 0.1) is 11.7 Å². The number of thiazole rings is 1. The zero-order valence-corrected chi connectivity index (χ0v) is 14.8. The number of hydrogen-bond acceptors (Lipinski definition) is 3. The van der Waals surface area contributed by atoms with E-state index in [9.17, 15) is 0 Å². The van der Waals surface area contributed by atoms with Gasteiger partial charge in [-0.05, 0) is 56.3 Å². The molecular weight excluding hydrogens is 344 g/mol. The molecule has 0 aliphatic heterocycles. The molecule has 4 heteroatoms. The maximum absolute atomic E-state index is 4.95. The molecule has 1 N–H and O–H groups in total. The van der Waals surface area contributed by atoms with E-state index in [0.717, 1.165) is 23.9 Å². The molecule has 2 aromatic rings. The first-order chi connectivity index (χ1) is 10.3. The molecule has 1 aromatic carbocycles. The van der Waals surface area contributed by atoms with Gasteiger partial charge >= 0.3 is 0 Å². The predicted octanol–water partition coefficient (Wildman–Crippen LogP) is 4.87. The fraction of sp³-hybridized carbons (Fsp3) is 0.471. The third-order valence-corrected chi connectivity index (χ3v) is 5.66. The quantitative estimate of drug-likeness (QED) is 0.817. The molecule has 1 unspecified atom stereocenters. The molecule has 21 heavy (non-hydrogen) atoms. The molecule has 0 spiro atoms. The Morgan fingerprint density at radius 1 is 1.24 bits per heavy atom. The van der Waals surface area contributed by atoms with Gasteiger partial charge in [-0.2, -0.15) is 0 Å². The molecule has 1 atom stereocenters. The van der Waals surface area contributed by atoms with E-state index in [1.807, 2.05) is 11.3 Å². The van der Waals surface area contributed by atoms with E-state index in [2.05, 4.69) is 52.4 Å². The summed E-state index contributed by atoms with van der Waals surface area (Å²) < 4.78 is 1.12. The van der Waals surface area contributed by atoms with Crippen molar-refractivity contribution in [2.75, 3.05) is 6.54 Å². The second-order valence-electron chi connectivity index (χ2n) is 5.57. The molecule has 1 aliphatic rings. The van der Waals surface area contributed by atoms with Crippen LogP contribution in [-0.4, -0.2) is 11.5 Å². The number of aryl methyl sites for hydroxylation is 2. The van der Waals surface area contributed by atoms with Crippen LogP contribution in [0.5, 0.6) is 0 Å². The first-order valence-corrected chi connectivity index (χ1v) is 9.36. The average molecular weight is 365 g/mol. The van der Waals surface area contributed by atoms with Crippen molar-refractivity contribution >= 4 is 27.3 Å². The van der Waals surface area contributed by atoms with Gasteiger partial charge in [-0.15, -0.1) is 11.3 Å². The zero-order chi connectivity index (χ0) is 14.7. The number of hydrogen-bond donors (Lipinski definition) is 1. The van der Waals surface area contributed by atoms with Crippen molar-refractivity contribution in [1.29, 1.82) is 0 Å². The van der Waals surface area contributed by atoms with Crippen LogP contribution in [0.15, 0.2) is 28.7 Å². The first-order valence-electron chi connectivity index (χ1n) is 7.75. The normalized spacial score (nSPS) is 15.7. The van der Waals surface area contributed by atoms with Crippen LogP contribution in [0.25, 0.3) is 0 Å². The highest BCUT2D eigenvalue weighted by Gasteiger charge is 2.21. The van der Waals surface area contributed by atoms with Gasteiger partial charge in [0.2, 0.25) is 0 Å². The summed E-state index contributed by atoms with van der Waals surface area (Å²) in [6, 6.07) is 8.84. The Bertz CT molecular complexity index is 568. The monoisotopic (exact) mass is 364 g/mol. The molecule has 0 amide bonds. The van der Waals surface area contributed by atoms with Gasteiger partial charge in [-0.25, -0.2) is 4.98 Å². The van der Waals surface area contributed by atoms with Crippen LogP contribution in [-0.2, 0) is 12.8 Å². The van der Waals surface area contributed by atoms with Crippen LogP contribution in [0.4, 0.5) is 0 Å². The van der Waals surface area contributed by atoms with Gasteiger partial charge in [0.1, 0.15) is 5.01 Å². The fourth-order valence-electron chi connectivity index (χ4n) is 2.79. The van der Waals surface area contributed by atoms with Gasteiger partial charge in [0.25, 0.3) is 0 Å². The van der Waals surface area contributed by atoms with Crippen molar-refractivity contribution in [3.05, 3.63) is 49.9 Å². The molecule has 112 valence electrons. The van der Waals surface area contributed by atoms with E-state index in [0.29, 0.717) is 0 Å². The Morgan fingerprint density at radius 2 is 2.00 bits per heavy atom. The van der Waals surface area contributed by atoms with Gasteiger partial charge < -0.3 is 5.32 Å². The van der Waals surface area contributed by atoms with Crippen molar-refractivity contribution in [3.8, 4) is 0 Å². The van der Waals surface area contributed by atoms with E-state index in [4.69, 9.17) is 4.98 Å². The van der Waals surface area contributed by atoms with Crippen LogP contribution < -0.4 is 5.32 Å². The summed E-state index contributed by atoms with van der Waals surface area (Å²) in [5.74, 6) is 0. The largest absolute Gasteiger partial charge is 0.304 e. The minimum absolute atomic E-state index is 0.230. The van der Waals surface area contributed by atoms with E-state index in [1.165, 1.54) is 40.4 Å². The van der Waals surface area contributed by atoms with Crippen molar-refractivity contribution < 1.29 is 0 Å². The average Bonchev–Trinajstić information content (AvgIpc) is 2.93. The first kappa shape index (κ1) is 15.2. The SMILES string of the molecule is CCCNC(c1ccc(Br)cc1)c1nc2c(s1)CCCC2. The second-order valence-corrected chi connectivity index (χ2v) is 7.60. The standard InChI is InChI=1S/C17H21BrN2S/c1-2-11-19-16(12-7-9-13(18)10-8-12)17-20-14-5-3-4-6-15(14)21-17/h7-10,16,19H,2-6,11H2,1H3. The Labute approximate surface area is 139 Å². The highest BCUT2D eigenvalue weighted by molar-refractivity contribution is 9.10. The van der Waals surface area contributed by atoms with E-state index in [1.54, 1.807) is 0 Å². The lowest BCUT2D eigenvalue weighted by molar-refractivity contribution is 0.592. The van der Waals surface area contributed by atoms with E-state index < -0.39 is 0 Å². The number of nitrogens with one attached hydrogen (secondary N) is 1. The van der Waals surface area contributed by atoms with E-state index >= 15 is 0 Å². The Morgan fingerprint density at radius 3 is 2.71 bits per heavy atom. The van der Waals surface area contributed by atoms with Crippen LogP contribution in [0, 0.1) is 0 Å². The Kier molecular flexibility index (Phi) is 5.09. The molecule has 0 radical (unpaired) electrons. The summed E-state index contributed by atoms with van der Waals surface area (Å²) in [6.45, 7) is 3.23. The van der Waals surface area contributed by atoms with Crippen molar-refractivity contribution in [2.24, 2.45) is 0 Å². The number of aromatic nitrogens is 1. The third-order valence-electron chi connectivity index (χ3n) is 3.91. The number of fused-ring (bicyclic) bond motifs is 1. The van der Waals surface area contributed by atoms with E-state index in [-0.39, 0.29) is 6.04 Å². The molecule has 0 saturated heterocycles.